The lowest BCUT2D eigenvalue weighted by Crippen LogP contribution is -2.30. The van der Waals surface area contributed by atoms with Crippen LogP contribution in [0.25, 0.3) is 0 Å². The highest BCUT2D eigenvalue weighted by Crippen LogP contribution is 2.43. The SMILES string of the molecule is CC1=C(OC(=O)OCCC#N)C(c2ccccc2[N+](=O)[O-])C(OC(=O)OC2CCCC2)=C(C)N1. The van der Waals surface area contributed by atoms with Gasteiger partial charge < -0.3 is 24.3 Å². The summed E-state index contributed by atoms with van der Waals surface area (Å²) in [5.74, 6) is -1.14. The second kappa shape index (κ2) is 11.2. The maximum Gasteiger partial charge on any atom is 0.513 e. The zero-order valence-corrected chi connectivity index (χ0v) is 18.9. The van der Waals surface area contributed by atoms with Crippen LogP contribution in [0.15, 0.2) is 47.2 Å². The fraction of sp³-hybridized carbons (Fsp3) is 0.435. The number of para-hydroxylation sites is 1. The van der Waals surface area contributed by atoms with E-state index in [0.29, 0.717) is 11.4 Å². The van der Waals surface area contributed by atoms with E-state index in [1.165, 1.54) is 18.2 Å². The average molecular weight is 471 g/mol. The van der Waals surface area contributed by atoms with Crippen molar-refractivity contribution in [1.29, 1.82) is 5.26 Å². The summed E-state index contributed by atoms with van der Waals surface area (Å²) in [6.45, 7) is 3.06. The van der Waals surface area contributed by atoms with Gasteiger partial charge in [-0.3, -0.25) is 10.1 Å². The van der Waals surface area contributed by atoms with Gasteiger partial charge in [0, 0.05) is 11.6 Å². The first kappa shape index (κ1) is 24.6. The predicted octanol–water partition coefficient (Wildman–Crippen LogP) is 4.91. The van der Waals surface area contributed by atoms with Crippen molar-refractivity contribution in [2.24, 2.45) is 0 Å². The molecule has 1 aromatic carbocycles. The maximum atomic E-state index is 12.6. The number of dihydropyridines is 1. The number of carbonyl (C=O) groups excluding carboxylic acids is 2. The second-order valence-electron chi connectivity index (χ2n) is 7.84. The summed E-state index contributed by atoms with van der Waals surface area (Å²) in [4.78, 5) is 36.0. The van der Waals surface area contributed by atoms with Gasteiger partial charge in [-0.25, -0.2) is 9.59 Å². The number of ether oxygens (including phenoxy) is 4. The van der Waals surface area contributed by atoms with Gasteiger partial charge in [-0.1, -0.05) is 18.2 Å². The summed E-state index contributed by atoms with van der Waals surface area (Å²) < 4.78 is 21.2. The van der Waals surface area contributed by atoms with Crippen molar-refractivity contribution >= 4 is 18.0 Å². The first-order chi connectivity index (χ1) is 16.3. The standard InChI is InChI=1S/C23H25N3O8/c1-14-20(33-22(27)31-13-7-12-24)19(17-10-5-6-11-18(17)26(29)30)21(15(2)25-14)34-23(28)32-16-8-3-4-9-16/h5-6,10-11,16,19,25H,3-4,7-9,13H2,1-2H3. The molecular formula is C23H25N3O8. The smallest absolute Gasteiger partial charge is 0.433 e. The van der Waals surface area contributed by atoms with Crippen LogP contribution < -0.4 is 5.32 Å². The molecule has 0 spiro atoms. The molecule has 3 rings (SSSR count). The lowest BCUT2D eigenvalue weighted by molar-refractivity contribution is -0.385. The number of rotatable bonds is 7. The van der Waals surface area contributed by atoms with E-state index in [-0.39, 0.29) is 41.9 Å². The van der Waals surface area contributed by atoms with E-state index in [2.05, 4.69) is 5.32 Å². The Morgan fingerprint density at radius 1 is 1.12 bits per heavy atom. The van der Waals surface area contributed by atoms with Crippen molar-refractivity contribution in [3.8, 4) is 6.07 Å². The van der Waals surface area contributed by atoms with Crippen LogP contribution in [0.5, 0.6) is 0 Å². The number of nitro groups is 1. The number of nitrogens with one attached hydrogen (secondary N) is 1. The summed E-state index contributed by atoms with van der Waals surface area (Å²) in [6.07, 6.45) is 1.06. The van der Waals surface area contributed by atoms with Crippen LogP contribution in [0, 0.1) is 21.4 Å². The van der Waals surface area contributed by atoms with Gasteiger partial charge in [0.25, 0.3) is 5.69 Å². The van der Waals surface area contributed by atoms with Gasteiger partial charge in [-0.15, -0.1) is 0 Å². The molecule has 0 saturated heterocycles. The fourth-order valence-corrected chi connectivity index (χ4v) is 3.96. The molecule has 0 amide bonds. The zero-order chi connectivity index (χ0) is 24.7. The molecule has 1 N–H and O–H groups in total. The molecule has 1 aliphatic heterocycles. The van der Waals surface area contributed by atoms with Gasteiger partial charge in [0.05, 0.1) is 28.8 Å². The highest BCUT2D eigenvalue weighted by atomic mass is 16.7. The predicted molar refractivity (Wildman–Crippen MR) is 117 cm³/mol. The fourth-order valence-electron chi connectivity index (χ4n) is 3.96. The third kappa shape index (κ3) is 5.83. The van der Waals surface area contributed by atoms with E-state index in [9.17, 15) is 19.7 Å². The van der Waals surface area contributed by atoms with Crippen molar-refractivity contribution in [1.82, 2.24) is 5.32 Å². The Labute approximate surface area is 196 Å². The highest BCUT2D eigenvalue weighted by Gasteiger charge is 2.39. The van der Waals surface area contributed by atoms with Crippen molar-refractivity contribution < 1.29 is 33.5 Å². The van der Waals surface area contributed by atoms with E-state index in [1.807, 2.05) is 6.07 Å². The lowest BCUT2D eigenvalue weighted by atomic mass is 9.89. The highest BCUT2D eigenvalue weighted by molar-refractivity contribution is 5.66. The van der Waals surface area contributed by atoms with Crippen LogP contribution in [0.3, 0.4) is 0 Å². The quantitative estimate of drug-likeness (QED) is 0.251. The topological polar surface area (TPSA) is 150 Å². The van der Waals surface area contributed by atoms with Crippen LogP contribution in [0.4, 0.5) is 15.3 Å². The Kier molecular flexibility index (Phi) is 8.08. The number of benzene rings is 1. The number of hydrogen-bond acceptors (Lipinski definition) is 10. The summed E-state index contributed by atoms with van der Waals surface area (Å²) in [5, 5.41) is 23.4. The molecule has 2 aliphatic rings. The molecule has 11 heteroatoms. The summed E-state index contributed by atoms with van der Waals surface area (Å²) in [5.41, 5.74) is 0.666. The first-order valence-corrected chi connectivity index (χ1v) is 10.8. The lowest BCUT2D eigenvalue weighted by Gasteiger charge is -2.30. The number of allylic oxidation sites excluding steroid dienone is 2. The van der Waals surface area contributed by atoms with Crippen LogP contribution in [-0.2, 0) is 18.9 Å². The molecule has 34 heavy (non-hydrogen) atoms. The third-order valence-corrected chi connectivity index (χ3v) is 5.47. The van der Waals surface area contributed by atoms with Crippen molar-refractivity contribution in [2.75, 3.05) is 6.61 Å². The number of hydrogen-bond donors (Lipinski definition) is 1. The molecule has 0 aromatic heterocycles. The van der Waals surface area contributed by atoms with Gasteiger partial charge in [0.15, 0.2) is 0 Å². The Balaban J connectivity index is 1.97. The second-order valence-corrected chi connectivity index (χ2v) is 7.84. The minimum Gasteiger partial charge on any atom is -0.433 e. The van der Waals surface area contributed by atoms with Gasteiger partial charge >= 0.3 is 12.3 Å². The Bertz CT molecular complexity index is 1070. The molecular weight excluding hydrogens is 446 g/mol. The van der Waals surface area contributed by atoms with Crippen LogP contribution in [0.1, 0.15) is 57.4 Å². The normalized spacial score (nSPS) is 18.1. The molecule has 0 bridgehead atoms. The van der Waals surface area contributed by atoms with Crippen LogP contribution in [-0.4, -0.2) is 29.9 Å². The van der Waals surface area contributed by atoms with Crippen molar-refractivity contribution in [2.45, 2.75) is 58.0 Å². The number of nitrogens with zero attached hydrogens (tertiary/aromatic N) is 2. The van der Waals surface area contributed by atoms with Gasteiger partial charge in [-0.2, -0.15) is 5.26 Å². The number of nitriles is 1. The van der Waals surface area contributed by atoms with Crippen LogP contribution >= 0.6 is 0 Å². The zero-order valence-electron chi connectivity index (χ0n) is 18.9. The Morgan fingerprint density at radius 2 is 1.74 bits per heavy atom. The van der Waals surface area contributed by atoms with Crippen molar-refractivity contribution in [3.05, 3.63) is 62.9 Å². The average Bonchev–Trinajstić information content (AvgIpc) is 3.30. The minimum atomic E-state index is -1.11. The number of nitro benzene ring substituents is 1. The number of carbonyl (C=O) groups is 2. The van der Waals surface area contributed by atoms with E-state index < -0.39 is 23.2 Å². The van der Waals surface area contributed by atoms with Gasteiger partial charge in [-0.05, 0) is 39.5 Å². The minimum absolute atomic E-state index is 0.00252. The summed E-state index contributed by atoms with van der Waals surface area (Å²) >= 11 is 0. The van der Waals surface area contributed by atoms with Gasteiger partial charge in [0.2, 0.25) is 0 Å². The molecule has 1 fully saturated rings. The van der Waals surface area contributed by atoms with E-state index in [4.69, 9.17) is 24.2 Å². The van der Waals surface area contributed by atoms with E-state index in [1.54, 1.807) is 19.9 Å². The van der Waals surface area contributed by atoms with Crippen LogP contribution in [0.2, 0.25) is 0 Å². The van der Waals surface area contributed by atoms with E-state index in [0.717, 1.165) is 25.7 Å². The Morgan fingerprint density at radius 3 is 2.35 bits per heavy atom. The van der Waals surface area contributed by atoms with Crippen molar-refractivity contribution in [3.63, 3.8) is 0 Å². The molecule has 1 heterocycles. The maximum absolute atomic E-state index is 12.6. The van der Waals surface area contributed by atoms with Gasteiger partial charge in [0.1, 0.15) is 30.1 Å². The largest absolute Gasteiger partial charge is 0.513 e. The monoisotopic (exact) mass is 471 g/mol. The molecule has 1 unspecified atom stereocenters. The first-order valence-electron chi connectivity index (χ1n) is 10.8. The third-order valence-electron chi connectivity index (χ3n) is 5.47. The molecule has 11 nitrogen and oxygen atoms in total. The molecule has 1 aliphatic carbocycles. The Hall–Kier alpha value is -4.07. The molecule has 0 radical (unpaired) electrons. The van der Waals surface area contributed by atoms with E-state index >= 15 is 0 Å². The molecule has 180 valence electrons. The molecule has 1 aromatic rings. The molecule has 1 atom stereocenters. The molecule has 1 saturated carbocycles. The summed E-state index contributed by atoms with van der Waals surface area (Å²) in [6, 6.07) is 7.73. The summed E-state index contributed by atoms with van der Waals surface area (Å²) in [7, 11) is 0.